The van der Waals surface area contributed by atoms with E-state index in [1.165, 1.54) is 16.9 Å². The van der Waals surface area contributed by atoms with Crippen molar-refractivity contribution in [2.24, 2.45) is 16.2 Å². The van der Waals surface area contributed by atoms with Crippen LogP contribution in [-0.2, 0) is 20.7 Å². The highest BCUT2D eigenvalue weighted by Gasteiger charge is 2.76. The van der Waals surface area contributed by atoms with Crippen LogP contribution in [0.4, 0.5) is 0 Å². The van der Waals surface area contributed by atoms with Gasteiger partial charge in [0.05, 0.1) is 28.5 Å². The first kappa shape index (κ1) is 36.0. The van der Waals surface area contributed by atoms with E-state index in [1.807, 2.05) is 58.9 Å². The Labute approximate surface area is 296 Å². The molecule has 6 atom stereocenters. The number of carbonyl (C=O) groups is 3. The molecule has 266 valence electrons. The lowest BCUT2D eigenvalue weighted by Crippen LogP contribution is -2.60. The predicted octanol–water partition coefficient (Wildman–Crippen LogP) is 7.69. The quantitative estimate of drug-likeness (QED) is 0.176. The molecule has 1 saturated heterocycles. The van der Waals surface area contributed by atoms with Crippen LogP contribution in [0.25, 0.3) is 0 Å². The number of esters is 1. The fraction of sp³-hybridized carbons (Fsp3) is 0.634. The summed E-state index contributed by atoms with van der Waals surface area (Å²) < 4.78 is 6.05. The molecule has 1 aliphatic heterocycles. The minimum absolute atomic E-state index is 0.0264. The Balaban J connectivity index is 1.42. The Hall–Kier alpha value is -2.81. The number of hydrogen-bond acceptors (Lipinski definition) is 7. The van der Waals surface area contributed by atoms with Crippen LogP contribution in [0.5, 0.6) is 0 Å². The van der Waals surface area contributed by atoms with Crippen LogP contribution in [0, 0.1) is 23.2 Å². The van der Waals surface area contributed by atoms with Gasteiger partial charge in [-0.25, -0.2) is 0 Å². The zero-order valence-electron chi connectivity index (χ0n) is 30.5. The van der Waals surface area contributed by atoms with Crippen LogP contribution >= 0.6 is 11.3 Å². The van der Waals surface area contributed by atoms with Gasteiger partial charge in [0.15, 0.2) is 5.60 Å². The van der Waals surface area contributed by atoms with Gasteiger partial charge in [0.1, 0.15) is 0 Å². The van der Waals surface area contributed by atoms with Crippen molar-refractivity contribution in [1.82, 2.24) is 4.90 Å². The van der Waals surface area contributed by atoms with Gasteiger partial charge in [0.2, 0.25) is 5.78 Å². The fourth-order valence-electron chi connectivity index (χ4n) is 9.70. The molecule has 0 radical (unpaired) electrons. The van der Waals surface area contributed by atoms with Crippen LogP contribution in [0.2, 0.25) is 0 Å². The lowest BCUT2D eigenvalue weighted by Gasteiger charge is -2.47. The number of ether oxygens (including phenoxy) is 1. The van der Waals surface area contributed by atoms with Crippen molar-refractivity contribution in [3.8, 4) is 0 Å². The van der Waals surface area contributed by atoms with Crippen molar-refractivity contribution in [3.63, 3.8) is 0 Å². The van der Waals surface area contributed by atoms with E-state index in [9.17, 15) is 24.6 Å². The summed E-state index contributed by atoms with van der Waals surface area (Å²) in [6.07, 6.45) is 7.95. The molecule has 4 aliphatic carbocycles. The zero-order valence-corrected chi connectivity index (χ0v) is 31.3. The molecule has 2 aromatic rings. The lowest BCUT2D eigenvalue weighted by molar-refractivity contribution is -0.177. The molecular weight excluding hydrogens is 635 g/mol. The molecule has 4 bridgehead atoms. The molecule has 2 N–H and O–H groups in total. The Morgan fingerprint density at radius 3 is 2.41 bits per heavy atom. The number of aliphatic hydroxyl groups excluding tert-OH is 1. The average Bonchev–Trinajstić information content (AvgIpc) is 3.69. The minimum atomic E-state index is -1.25. The number of fused-ring (bicyclic) bond motifs is 10. The molecule has 0 spiro atoms. The van der Waals surface area contributed by atoms with Gasteiger partial charge in [0.25, 0.3) is 5.91 Å². The third-order valence-corrected chi connectivity index (χ3v) is 14.5. The summed E-state index contributed by atoms with van der Waals surface area (Å²) in [6, 6.07) is 9.94. The fourth-order valence-corrected chi connectivity index (χ4v) is 10.5. The van der Waals surface area contributed by atoms with E-state index in [4.69, 9.17) is 4.74 Å². The first-order valence-electron chi connectivity index (χ1n) is 18.3. The molecule has 1 amide bonds. The normalized spacial score (nSPS) is 33.9. The van der Waals surface area contributed by atoms with E-state index in [0.29, 0.717) is 68.4 Å². The Morgan fingerprint density at radius 2 is 1.78 bits per heavy atom. The molecule has 3 fully saturated rings. The summed E-state index contributed by atoms with van der Waals surface area (Å²) >= 11 is 1.49. The summed E-state index contributed by atoms with van der Waals surface area (Å²) in [7, 11) is 0. The monoisotopic (exact) mass is 689 g/mol. The molecule has 5 aliphatic rings. The number of benzene rings is 1. The van der Waals surface area contributed by atoms with Crippen LogP contribution in [-0.4, -0.2) is 63.2 Å². The Morgan fingerprint density at radius 1 is 1.02 bits per heavy atom. The highest BCUT2D eigenvalue weighted by molar-refractivity contribution is 7.14. The summed E-state index contributed by atoms with van der Waals surface area (Å²) in [4.78, 5) is 45.7. The summed E-state index contributed by atoms with van der Waals surface area (Å²) in [5.41, 5.74) is -0.857. The highest BCUT2D eigenvalue weighted by atomic mass is 32.1. The second kappa shape index (κ2) is 12.8. The highest BCUT2D eigenvalue weighted by Crippen LogP contribution is 2.66. The van der Waals surface area contributed by atoms with E-state index >= 15 is 0 Å². The summed E-state index contributed by atoms with van der Waals surface area (Å²) in [5.74, 6) is -0.665. The van der Waals surface area contributed by atoms with E-state index in [2.05, 4.69) is 26.0 Å². The SMILES string of the molecule is CCCN(CC1(O)CCC2c3ccc(cc3C(=O)c3ccc(C)s3)CC(O)CCC(C)=CCCC21C)C(=O)C12CCC(C)(C(=O)O1)C2(C)C. The maximum atomic E-state index is 14.7. The van der Waals surface area contributed by atoms with Gasteiger partial charge in [-0.3, -0.25) is 14.4 Å². The topological polar surface area (TPSA) is 104 Å². The van der Waals surface area contributed by atoms with Crippen LogP contribution in [0.1, 0.15) is 136 Å². The number of aryl methyl sites for hydroxylation is 1. The van der Waals surface area contributed by atoms with Crippen molar-refractivity contribution in [2.45, 2.75) is 136 Å². The number of thiophene rings is 1. The van der Waals surface area contributed by atoms with Crippen molar-refractivity contribution in [3.05, 3.63) is 68.4 Å². The van der Waals surface area contributed by atoms with Gasteiger partial charge in [-0.2, -0.15) is 0 Å². The molecule has 6 unspecified atom stereocenters. The second-order valence-corrected chi connectivity index (χ2v) is 17.9. The largest absolute Gasteiger partial charge is 0.448 e. The second-order valence-electron chi connectivity index (χ2n) is 16.6. The molecule has 49 heavy (non-hydrogen) atoms. The van der Waals surface area contributed by atoms with Crippen LogP contribution in [0.15, 0.2) is 42.0 Å². The van der Waals surface area contributed by atoms with Gasteiger partial charge >= 0.3 is 5.97 Å². The molecule has 1 aromatic carbocycles. The van der Waals surface area contributed by atoms with Crippen LogP contribution in [0.3, 0.4) is 0 Å². The van der Waals surface area contributed by atoms with Crippen molar-refractivity contribution in [1.29, 1.82) is 0 Å². The van der Waals surface area contributed by atoms with E-state index in [-0.39, 0.29) is 30.1 Å². The number of amides is 1. The summed E-state index contributed by atoms with van der Waals surface area (Å²) in [5, 5.41) is 23.9. The maximum Gasteiger partial charge on any atom is 0.313 e. The molecule has 1 aromatic heterocycles. The lowest BCUT2D eigenvalue weighted by atomic mass is 9.64. The number of aliphatic hydroxyl groups is 2. The standard InChI is InChI=1S/C41H55NO6S/c1-8-22-42(35(45)41-21-20-39(7,36(46)48-41)37(41,4)5)25-40(47)19-17-32-30-15-13-28(24-31(30)34(44)33-16-12-27(3)49-33)23-29(43)14-11-26(2)10-9-18-38(32,40)6/h10,12-13,15-16,24,29,32,43,47H,8-9,11,14,17-23,25H2,1-7H3. The number of hydrogen-bond donors (Lipinski definition) is 2. The molecule has 7 nitrogen and oxygen atoms in total. The number of nitrogens with zero attached hydrogens (tertiary/aromatic N) is 1. The third kappa shape index (κ3) is 5.65. The molecule has 7 rings (SSSR count). The van der Waals surface area contributed by atoms with Gasteiger partial charge in [-0.1, -0.05) is 51.5 Å². The molecular formula is C41H55NO6S. The Kier molecular flexibility index (Phi) is 9.37. The molecule has 2 heterocycles. The van der Waals surface area contributed by atoms with E-state index in [0.717, 1.165) is 28.8 Å². The average molecular weight is 690 g/mol. The van der Waals surface area contributed by atoms with Gasteiger partial charge in [-0.15, -0.1) is 11.3 Å². The smallest absolute Gasteiger partial charge is 0.313 e. The predicted molar refractivity (Wildman–Crippen MR) is 193 cm³/mol. The Bertz CT molecular complexity index is 1680. The number of allylic oxidation sites excluding steroid dienone is 2. The van der Waals surface area contributed by atoms with Gasteiger partial charge < -0.3 is 19.8 Å². The first-order chi connectivity index (χ1) is 23.0. The minimum Gasteiger partial charge on any atom is -0.448 e. The number of ketones is 1. The van der Waals surface area contributed by atoms with Crippen molar-refractivity contribution >= 4 is 29.0 Å². The van der Waals surface area contributed by atoms with E-state index < -0.39 is 33.6 Å². The van der Waals surface area contributed by atoms with Crippen molar-refractivity contribution in [2.75, 3.05) is 13.1 Å². The number of rotatable bonds is 7. The molecule has 2 saturated carbocycles. The van der Waals surface area contributed by atoms with Gasteiger partial charge in [0, 0.05) is 27.8 Å². The van der Waals surface area contributed by atoms with E-state index in [1.54, 1.807) is 4.90 Å². The van der Waals surface area contributed by atoms with Crippen molar-refractivity contribution < 1.29 is 29.3 Å². The first-order valence-corrected chi connectivity index (χ1v) is 19.2. The van der Waals surface area contributed by atoms with Crippen LogP contribution < -0.4 is 0 Å². The maximum absolute atomic E-state index is 14.7. The summed E-state index contributed by atoms with van der Waals surface area (Å²) in [6.45, 7) is 14.8. The molecule has 8 heteroatoms. The zero-order chi connectivity index (χ0) is 35.6. The number of carbonyl (C=O) groups excluding carboxylic acids is 3. The third-order valence-electron chi connectivity index (χ3n) is 13.5. The van der Waals surface area contributed by atoms with Gasteiger partial charge in [-0.05, 0) is 120 Å².